The average Bonchev–Trinajstić information content (AvgIpc) is 3.20. The van der Waals surface area contributed by atoms with Crippen molar-refractivity contribution >= 4 is 40.6 Å². The molecule has 0 aliphatic rings. The van der Waals surface area contributed by atoms with E-state index >= 15 is 0 Å². The van der Waals surface area contributed by atoms with Gasteiger partial charge in [-0.3, -0.25) is 20.4 Å². The summed E-state index contributed by atoms with van der Waals surface area (Å²) in [5.41, 5.74) is 4.16. The summed E-state index contributed by atoms with van der Waals surface area (Å²) in [5, 5.41) is 5.01. The van der Waals surface area contributed by atoms with E-state index in [0.717, 1.165) is 17.8 Å². The number of rotatable bonds is 7. The molecule has 3 rings (SSSR count). The number of aryl methyl sites for hydroxylation is 1. The standard InChI is InChI=1S/C21H18F3N5O4S/c1-12-11-34-18(26-12)9-16(30)28-29-17(31)10-33-20(32)15-6-3-7-25-19(15)27-14-5-2-4-13(8-14)21(22,23)24/h2-8,11H,9-10H2,1H3,(H,25,27)(H,28,30)(H,29,31). The van der Waals surface area contributed by atoms with Crippen LogP contribution in [0.2, 0.25) is 0 Å². The average molecular weight is 493 g/mol. The highest BCUT2D eigenvalue weighted by molar-refractivity contribution is 7.09. The fourth-order valence-electron chi connectivity index (χ4n) is 2.63. The normalized spacial score (nSPS) is 10.9. The summed E-state index contributed by atoms with van der Waals surface area (Å²) in [6.07, 6.45) is -3.23. The van der Waals surface area contributed by atoms with Crippen LogP contribution in [0.3, 0.4) is 0 Å². The molecule has 2 aromatic heterocycles. The second-order valence-corrected chi connectivity index (χ2v) is 7.78. The number of esters is 1. The number of amides is 2. The third-order valence-corrected chi connectivity index (χ3v) is 5.10. The Bertz CT molecular complexity index is 1200. The summed E-state index contributed by atoms with van der Waals surface area (Å²) in [6.45, 7) is 1.07. The van der Waals surface area contributed by atoms with Gasteiger partial charge in [-0.25, -0.2) is 14.8 Å². The molecule has 2 heterocycles. The number of anilines is 2. The topological polar surface area (TPSA) is 122 Å². The fourth-order valence-corrected chi connectivity index (χ4v) is 3.40. The van der Waals surface area contributed by atoms with Crippen LogP contribution in [0.15, 0.2) is 48.0 Å². The number of hydrazine groups is 1. The van der Waals surface area contributed by atoms with E-state index < -0.39 is 36.1 Å². The van der Waals surface area contributed by atoms with E-state index in [9.17, 15) is 27.6 Å². The molecule has 1 aromatic carbocycles. The van der Waals surface area contributed by atoms with Crippen molar-refractivity contribution in [1.82, 2.24) is 20.8 Å². The number of ether oxygens (including phenoxy) is 1. The van der Waals surface area contributed by atoms with Gasteiger partial charge >= 0.3 is 12.1 Å². The second-order valence-electron chi connectivity index (χ2n) is 6.84. The van der Waals surface area contributed by atoms with E-state index in [0.29, 0.717) is 5.01 Å². The lowest BCUT2D eigenvalue weighted by Crippen LogP contribution is -2.44. The molecule has 0 aliphatic heterocycles. The lowest BCUT2D eigenvalue weighted by atomic mass is 10.2. The van der Waals surface area contributed by atoms with E-state index in [2.05, 4.69) is 26.1 Å². The highest BCUT2D eigenvalue weighted by Crippen LogP contribution is 2.31. The number of aromatic nitrogens is 2. The molecule has 34 heavy (non-hydrogen) atoms. The molecule has 0 saturated carbocycles. The zero-order valence-corrected chi connectivity index (χ0v) is 18.4. The maximum atomic E-state index is 12.9. The first-order chi connectivity index (χ1) is 16.1. The largest absolute Gasteiger partial charge is 0.452 e. The van der Waals surface area contributed by atoms with E-state index in [-0.39, 0.29) is 23.5 Å². The quantitative estimate of drug-likeness (QED) is 0.341. The molecule has 0 saturated heterocycles. The van der Waals surface area contributed by atoms with Crippen molar-refractivity contribution < 1.29 is 32.3 Å². The Labute approximate surface area is 195 Å². The Morgan fingerprint density at radius 3 is 2.56 bits per heavy atom. The lowest BCUT2D eigenvalue weighted by molar-refractivity contribution is -0.137. The summed E-state index contributed by atoms with van der Waals surface area (Å²) >= 11 is 1.31. The number of pyridine rings is 1. The molecule has 13 heteroatoms. The van der Waals surface area contributed by atoms with Crippen LogP contribution >= 0.6 is 11.3 Å². The van der Waals surface area contributed by atoms with Gasteiger partial charge in [-0.15, -0.1) is 11.3 Å². The second kappa shape index (κ2) is 10.7. The first-order valence-corrected chi connectivity index (χ1v) is 10.5. The molecule has 0 radical (unpaired) electrons. The maximum Gasteiger partial charge on any atom is 0.416 e. The number of thiazole rings is 1. The highest BCUT2D eigenvalue weighted by atomic mass is 32.1. The van der Waals surface area contributed by atoms with Gasteiger partial charge in [0, 0.05) is 23.0 Å². The number of hydrogen-bond acceptors (Lipinski definition) is 8. The molecule has 0 aliphatic carbocycles. The predicted octanol–water partition coefficient (Wildman–Crippen LogP) is 3.16. The molecule has 0 atom stereocenters. The number of halogens is 3. The molecule has 178 valence electrons. The number of benzene rings is 1. The van der Waals surface area contributed by atoms with Crippen molar-refractivity contribution in [2.75, 3.05) is 11.9 Å². The first-order valence-electron chi connectivity index (χ1n) is 9.67. The smallest absolute Gasteiger partial charge is 0.416 e. The minimum atomic E-state index is -4.54. The van der Waals surface area contributed by atoms with Crippen LogP contribution < -0.4 is 16.2 Å². The third kappa shape index (κ3) is 7.00. The van der Waals surface area contributed by atoms with Crippen molar-refractivity contribution in [3.63, 3.8) is 0 Å². The number of hydrogen-bond donors (Lipinski definition) is 3. The van der Waals surface area contributed by atoms with E-state index in [1.54, 1.807) is 12.3 Å². The molecule has 3 aromatic rings. The molecule has 0 unspecified atom stereocenters. The summed E-state index contributed by atoms with van der Waals surface area (Å²) in [6, 6.07) is 7.12. The van der Waals surface area contributed by atoms with Gasteiger partial charge in [0.2, 0.25) is 5.91 Å². The van der Waals surface area contributed by atoms with Gasteiger partial charge in [0.1, 0.15) is 16.4 Å². The molecular weight excluding hydrogens is 475 g/mol. The van der Waals surface area contributed by atoms with Gasteiger partial charge in [-0.05, 0) is 37.3 Å². The van der Waals surface area contributed by atoms with Gasteiger partial charge in [0.05, 0.1) is 12.0 Å². The number of alkyl halides is 3. The van der Waals surface area contributed by atoms with E-state index in [4.69, 9.17) is 4.74 Å². The van der Waals surface area contributed by atoms with Crippen molar-refractivity contribution in [2.45, 2.75) is 19.5 Å². The number of nitrogens with zero attached hydrogens (tertiary/aromatic N) is 2. The monoisotopic (exact) mass is 493 g/mol. The number of carbonyl (C=O) groups excluding carboxylic acids is 3. The Kier molecular flexibility index (Phi) is 7.79. The van der Waals surface area contributed by atoms with Gasteiger partial charge in [-0.1, -0.05) is 6.07 Å². The van der Waals surface area contributed by atoms with Crippen molar-refractivity contribution in [1.29, 1.82) is 0 Å². The number of nitrogens with one attached hydrogen (secondary N) is 3. The summed E-state index contributed by atoms with van der Waals surface area (Å²) in [4.78, 5) is 44.2. The van der Waals surface area contributed by atoms with Crippen molar-refractivity contribution in [2.24, 2.45) is 0 Å². The van der Waals surface area contributed by atoms with Gasteiger partial charge in [0.15, 0.2) is 6.61 Å². The minimum Gasteiger partial charge on any atom is -0.452 e. The first kappa shape index (κ1) is 24.6. The summed E-state index contributed by atoms with van der Waals surface area (Å²) < 4.78 is 43.7. The van der Waals surface area contributed by atoms with Crippen LogP contribution in [0.4, 0.5) is 24.7 Å². The van der Waals surface area contributed by atoms with Crippen LogP contribution in [0, 0.1) is 6.92 Å². The van der Waals surface area contributed by atoms with Crippen molar-refractivity contribution in [3.8, 4) is 0 Å². The summed E-state index contributed by atoms with van der Waals surface area (Å²) in [5.74, 6) is -2.30. The SMILES string of the molecule is Cc1csc(CC(=O)NNC(=O)COC(=O)c2cccnc2Nc2cccc(C(F)(F)F)c2)n1. The Hall–Kier alpha value is -4.00. The lowest BCUT2D eigenvalue weighted by Gasteiger charge is -2.13. The van der Waals surface area contributed by atoms with E-state index in [1.165, 1.54) is 41.8 Å². The van der Waals surface area contributed by atoms with E-state index in [1.807, 2.05) is 0 Å². The summed E-state index contributed by atoms with van der Waals surface area (Å²) in [7, 11) is 0. The maximum absolute atomic E-state index is 12.9. The zero-order valence-electron chi connectivity index (χ0n) is 17.6. The Morgan fingerprint density at radius 1 is 1.09 bits per heavy atom. The van der Waals surface area contributed by atoms with Gasteiger partial charge < -0.3 is 10.1 Å². The van der Waals surface area contributed by atoms with Crippen LogP contribution in [-0.4, -0.2) is 34.4 Å². The predicted molar refractivity (Wildman–Crippen MR) is 116 cm³/mol. The third-order valence-electron chi connectivity index (χ3n) is 4.13. The van der Waals surface area contributed by atoms with Crippen LogP contribution in [0.25, 0.3) is 0 Å². The minimum absolute atomic E-state index is 0.0289. The van der Waals surface area contributed by atoms with Gasteiger partial charge in [0.25, 0.3) is 5.91 Å². The molecular formula is C21H18F3N5O4S. The van der Waals surface area contributed by atoms with Gasteiger partial charge in [-0.2, -0.15) is 13.2 Å². The molecule has 0 bridgehead atoms. The van der Waals surface area contributed by atoms with Crippen molar-refractivity contribution in [3.05, 3.63) is 69.8 Å². The van der Waals surface area contributed by atoms with Crippen LogP contribution in [0.1, 0.15) is 26.6 Å². The highest BCUT2D eigenvalue weighted by Gasteiger charge is 2.30. The van der Waals surface area contributed by atoms with Crippen LogP contribution in [-0.2, 0) is 26.9 Å². The number of carbonyl (C=O) groups is 3. The molecule has 0 spiro atoms. The Morgan fingerprint density at radius 2 is 1.85 bits per heavy atom. The molecule has 3 N–H and O–H groups in total. The molecule has 0 fully saturated rings. The zero-order chi connectivity index (χ0) is 24.7. The molecule has 2 amide bonds. The molecule has 9 nitrogen and oxygen atoms in total. The van der Waals surface area contributed by atoms with Crippen LogP contribution in [0.5, 0.6) is 0 Å². The Balaban J connectivity index is 1.54. The fraction of sp³-hybridized carbons (Fsp3) is 0.190.